The number of hydrogen-bond acceptors (Lipinski definition) is 4. The van der Waals surface area contributed by atoms with E-state index in [9.17, 15) is 9.90 Å². The maximum absolute atomic E-state index is 12.1. The fraction of sp³-hybridized carbons (Fsp3) is 0.143. The number of phenolic OH excluding ortho intramolecular Hbond substituents is 1. The monoisotopic (exact) mass is 257 g/mol. The van der Waals surface area contributed by atoms with E-state index in [0.717, 1.165) is 11.4 Å². The van der Waals surface area contributed by atoms with Crippen LogP contribution in [0.25, 0.3) is 0 Å². The first-order valence-corrected chi connectivity index (χ1v) is 5.82. The molecule has 2 rings (SSSR count). The molecule has 0 aliphatic heterocycles. The number of benzene rings is 1. The van der Waals surface area contributed by atoms with Gasteiger partial charge in [0.1, 0.15) is 0 Å². The van der Waals surface area contributed by atoms with E-state index in [2.05, 4.69) is 10.3 Å². The van der Waals surface area contributed by atoms with Gasteiger partial charge >= 0.3 is 0 Å². The molecule has 0 fully saturated rings. The van der Waals surface area contributed by atoms with Crippen LogP contribution in [0.5, 0.6) is 5.75 Å². The van der Waals surface area contributed by atoms with E-state index in [1.165, 1.54) is 12.1 Å². The molecule has 0 atom stereocenters. The quantitative estimate of drug-likeness (QED) is 0.568. The number of aromatic nitrogens is 1. The average Bonchev–Trinajstić information content (AvgIpc) is 2.36. The number of aromatic hydroxyl groups is 1. The Bertz CT molecular complexity index is 639. The molecule has 0 bridgehead atoms. The summed E-state index contributed by atoms with van der Waals surface area (Å²) in [6, 6.07) is 8.24. The zero-order valence-electron chi connectivity index (χ0n) is 10.8. The highest BCUT2D eigenvalue weighted by molar-refractivity contribution is 6.07. The summed E-state index contributed by atoms with van der Waals surface area (Å²) < 4.78 is 0. The first-order valence-electron chi connectivity index (χ1n) is 5.82. The number of pyridine rings is 1. The van der Waals surface area contributed by atoms with Gasteiger partial charge in [-0.2, -0.15) is 0 Å². The van der Waals surface area contributed by atoms with Gasteiger partial charge in [0.25, 0.3) is 5.91 Å². The smallest absolute Gasteiger partial charge is 0.259 e. The van der Waals surface area contributed by atoms with Crippen LogP contribution in [0.2, 0.25) is 0 Å². The summed E-state index contributed by atoms with van der Waals surface area (Å²) in [6.07, 6.45) is 0. The molecule has 19 heavy (non-hydrogen) atoms. The van der Waals surface area contributed by atoms with Crippen LogP contribution < -0.4 is 11.1 Å². The number of anilines is 2. The van der Waals surface area contributed by atoms with Crippen LogP contribution in [0.15, 0.2) is 30.3 Å². The molecule has 4 N–H and O–H groups in total. The third kappa shape index (κ3) is 2.65. The molecule has 5 heteroatoms. The molecule has 5 nitrogen and oxygen atoms in total. The minimum atomic E-state index is -0.418. The number of para-hydroxylation sites is 1. The highest BCUT2D eigenvalue weighted by Gasteiger charge is 2.14. The highest BCUT2D eigenvalue weighted by Crippen LogP contribution is 2.25. The summed E-state index contributed by atoms with van der Waals surface area (Å²) in [5.74, 6) is -0.628. The number of hydrogen-bond donors (Lipinski definition) is 3. The second kappa shape index (κ2) is 4.97. The van der Waals surface area contributed by atoms with Gasteiger partial charge in [-0.3, -0.25) is 9.78 Å². The summed E-state index contributed by atoms with van der Waals surface area (Å²) >= 11 is 0. The summed E-state index contributed by atoms with van der Waals surface area (Å²) in [6.45, 7) is 3.68. The predicted molar refractivity (Wildman–Crippen MR) is 74.2 cm³/mol. The SMILES string of the molecule is Cc1ccc(NC(=O)c2cccc(N)c2O)c(C)n1. The summed E-state index contributed by atoms with van der Waals surface area (Å²) in [5.41, 5.74) is 8.08. The highest BCUT2D eigenvalue weighted by atomic mass is 16.3. The average molecular weight is 257 g/mol. The van der Waals surface area contributed by atoms with Crippen molar-refractivity contribution in [3.05, 3.63) is 47.3 Å². The molecule has 0 saturated carbocycles. The molecule has 0 saturated heterocycles. The van der Waals surface area contributed by atoms with Crippen molar-refractivity contribution in [1.82, 2.24) is 4.98 Å². The molecule has 0 radical (unpaired) electrons. The maximum atomic E-state index is 12.1. The number of nitrogen functional groups attached to an aromatic ring is 1. The van der Waals surface area contributed by atoms with Crippen molar-refractivity contribution >= 4 is 17.3 Å². The Labute approximate surface area is 111 Å². The summed E-state index contributed by atoms with van der Waals surface area (Å²) in [4.78, 5) is 16.3. The van der Waals surface area contributed by atoms with Gasteiger partial charge in [0, 0.05) is 5.69 Å². The first-order chi connectivity index (χ1) is 8.99. The number of nitrogens with two attached hydrogens (primary N) is 1. The van der Waals surface area contributed by atoms with Crippen LogP contribution in [-0.2, 0) is 0 Å². The van der Waals surface area contributed by atoms with Crippen LogP contribution in [0.3, 0.4) is 0 Å². The van der Waals surface area contributed by atoms with E-state index in [-0.39, 0.29) is 17.0 Å². The number of phenols is 1. The van der Waals surface area contributed by atoms with E-state index >= 15 is 0 Å². The van der Waals surface area contributed by atoms with Crippen molar-refractivity contribution < 1.29 is 9.90 Å². The van der Waals surface area contributed by atoms with Crippen molar-refractivity contribution in [2.45, 2.75) is 13.8 Å². The topological polar surface area (TPSA) is 88.2 Å². The second-order valence-electron chi connectivity index (χ2n) is 4.28. The van der Waals surface area contributed by atoms with Crippen LogP contribution in [0, 0.1) is 13.8 Å². The number of carbonyl (C=O) groups excluding carboxylic acids is 1. The minimum absolute atomic E-state index is 0.139. The molecule has 1 aromatic heterocycles. The molecule has 0 spiro atoms. The van der Waals surface area contributed by atoms with Gasteiger partial charge < -0.3 is 16.2 Å². The van der Waals surface area contributed by atoms with Gasteiger partial charge in [0.15, 0.2) is 5.75 Å². The molecule has 0 aliphatic rings. The fourth-order valence-corrected chi connectivity index (χ4v) is 1.75. The van der Waals surface area contributed by atoms with Gasteiger partial charge in [-0.25, -0.2) is 0 Å². The molecular weight excluding hydrogens is 242 g/mol. The zero-order valence-corrected chi connectivity index (χ0v) is 10.8. The Morgan fingerprint density at radius 1 is 1.26 bits per heavy atom. The predicted octanol–water partition coefficient (Wildman–Crippen LogP) is 2.24. The molecule has 0 unspecified atom stereocenters. The third-order valence-corrected chi connectivity index (χ3v) is 2.79. The Balaban J connectivity index is 2.28. The Morgan fingerprint density at radius 2 is 2.00 bits per heavy atom. The van der Waals surface area contributed by atoms with E-state index < -0.39 is 5.91 Å². The number of amides is 1. The number of nitrogens with zero attached hydrogens (tertiary/aromatic N) is 1. The number of aryl methyl sites for hydroxylation is 2. The normalized spacial score (nSPS) is 10.2. The zero-order chi connectivity index (χ0) is 14.0. The van der Waals surface area contributed by atoms with Crippen LogP contribution in [-0.4, -0.2) is 16.0 Å². The van der Waals surface area contributed by atoms with Crippen molar-refractivity contribution in [1.29, 1.82) is 0 Å². The summed E-state index contributed by atoms with van der Waals surface area (Å²) in [7, 11) is 0. The van der Waals surface area contributed by atoms with Gasteiger partial charge in [-0.05, 0) is 38.1 Å². The molecule has 1 heterocycles. The van der Waals surface area contributed by atoms with E-state index in [1.807, 2.05) is 19.9 Å². The Hall–Kier alpha value is -2.56. The fourth-order valence-electron chi connectivity index (χ4n) is 1.75. The van der Waals surface area contributed by atoms with E-state index in [1.54, 1.807) is 12.1 Å². The van der Waals surface area contributed by atoms with Gasteiger partial charge in [-0.1, -0.05) is 6.07 Å². The van der Waals surface area contributed by atoms with E-state index in [0.29, 0.717) is 5.69 Å². The van der Waals surface area contributed by atoms with Crippen molar-refractivity contribution in [3.8, 4) is 5.75 Å². The summed E-state index contributed by atoms with van der Waals surface area (Å²) in [5, 5.41) is 12.5. The lowest BCUT2D eigenvalue weighted by molar-refractivity contribution is 0.102. The Morgan fingerprint density at radius 3 is 2.68 bits per heavy atom. The lowest BCUT2D eigenvalue weighted by atomic mass is 10.1. The molecule has 98 valence electrons. The van der Waals surface area contributed by atoms with Crippen molar-refractivity contribution in [2.75, 3.05) is 11.1 Å². The first kappa shape index (κ1) is 12.9. The van der Waals surface area contributed by atoms with Gasteiger partial charge in [0.2, 0.25) is 0 Å². The standard InChI is InChI=1S/C14H15N3O2/c1-8-6-7-12(9(2)16-8)17-14(19)10-4-3-5-11(15)13(10)18/h3-7,18H,15H2,1-2H3,(H,17,19). The largest absolute Gasteiger partial charge is 0.505 e. The van der Waals surface area contributed by atoms with Gasteiger partial charge in [-0.15, -0.1) is 0 Å². The molecule has 1 aromatic carbocycles. The number of nitrogens with one attached hydrogen (secondary N) is 1. The van der Waals surface area contributed by atoms with Crippen molar-refractivity contribution in [3.63, 3.8) is 0 Å². The molecule has 2 aromatic rings. The minimum Gasteiger partial charge on any atom is -0.505 e. The molecular formula is C14H15N3O2. The second-order valence-corrected chi connectivity index (χ2v) is 4.28. The lowest BCUT2D eigenvalue weighted by Gasteiger charge is -2.10. The number of rotatable bonds is 2. The van der Waals surface area contributed by atoms with Gasteiger partial charge in [0.05, 0.1) is 22.6 Å². The van der Waals surface area contributed by atoms with Crippen LogP contribution in [0.1, 0.15) is 21.7 Å². The maximum Gasteiger partial charge on any atom is 0.259 e. The molecule has 1 amide bonds. The van der Waals surface area contributed by atoms with E-state index in [4.69, 9.17) is 5.73 Å². The van der Waals surface area contributed by atoms with Crippen molar-refractivity contribution in [2.24, 2.45) is 0 Å². The van der Waals surface area contributed by atoms with Crippen LogP contribution in [0.4, 0.5) is 11.4 Å². The molecule has 0 aliphatic carbocycles. The third-order valence-electron chi connectivity index (χ3n) is 2.79. The number of carbonyl (C=O) groups is 1. The van der Waals surface area contributed by atoms with Crippen LogP contribution >= 0.6 is 0 Å². The lowest BCUT2D eigenvalue weighted by Crippen LogP contribution is -2.14. The Kier molecular flexibility index (Phi) is 3.37.